The maximum absolute atomic E-state index is 5.78. The molecule has 1 aromatic heterocycles. The Morgan fingerprint density at radius 2 is 2.26 bits per heavy atom. The van der Waals surface area contributed by atoms with Crippen LogP contribution in [0.2, 0.25) is 0 Å². The standard InChI is InChI=1S/C15H26N4/c1-3-19(4-2)11-9-14(18-16)13-8-7-12-6-5-10-17-15(12)13/h5-6,10,13-14,18H,3-4,7-9,11,16H2,1-2H3. The van der Waals surface area contributed by atoms with Crippen LogP contribution >= 0.6 is 0 Å². The number of aromatic nitrogens is 1. The molecule has 2 unspecified atom stereocenters. The number of fused-ring (bicyclic) bond motifs is 1. The summed E-state index contributed by atoms with van der Waals surface area (Å²) in [6.07, 6.45) is 5.28. The molecule has 2 rings (SSSR count). The van der Waals surface area contributed by atoms with Crippen LogP contribution in [0.4, 0.5) is 0 Å². The van der Waals surface area contributed by atoms with E-state index >= 15 is 0 Å². The van der Waals surface area contributed by atoms with Crippen molar-refractivity contribution in [2.75, 3.05) is 19.6 Å². The second-order valence-corrected chi connectivity index (χ2v) is 5.28. The first-order valence-electron chi connectivity index (χ1n) is 7.42. The van der Waals surface area contributed by atoms with Gasteiger partial charge >= 0.3 is 0 Å². The normalized spacial score (nSPS) is 19.7. The average molecular weight is 262 g/mol. The fourth-order valence-electron chi connectivity index (χ4n) is 3.10. The molecule has 0 aliphatic heterocycles. The third-order valence-corrected chi connectivity index (χ3v) is 4.35. The first-order chi connectivity index (χ1) is 9.30. The van der Waals surface area contributed by atoms with Crippen molar-refractivity contribution < 1.29 is 0 Å². The van der Waals surface area contributed by atoms with Crippen LogP contribution in [0.25, 0.3) is 0 Å². The van der Waals surface area contributed by atoms with Crippen LogP contribution in [0.3, 0.4) is 0 Å². The van der Waals surface area contributed by atoms with Gasteiger partial charge in [-0.25, -0.2) is 0 Å². The molecule has 0 saturated carbocycles. The zero-order valence-electron chi connectivity index (χ0n) is 12.1. The van der Waals surface area contributed by atoms with Crippen molar-refractivity contribution in [2.45, 2.75) is 45.1 Å². The topological polar surface area (TPSA) is 54.2 Å². The van der Waals surface area contributed by atoms with Crippen molar-refractivity contribution in [3.05, 3.63) is 29.6 Å². The number of hydrogen-bond donors (Lipinski definition) is 2. The summed E-state index contributed by atoms with van der Waals surface area (Å²) in [7, 11) is 0. The number of nitrogens with zero attached hydrogens (tertiary/aromatic N) is 2. The molecule has 19 heavy (non-hydrogen) atoms. The van der Waals surface area contributed by atoms with E-state index in [1.165, 1.54) is 17.7 Å². The van der Waals surface area contributed by atoms with Crippen LogP contribution < -0.4 is 11.3 Å². The molecule has 1 heterocycles. The Kier molecular flexibility index (Phi) is 5.31. The van der Waals surface area contributed by atoms with Gasteiger partial charge in [0.25, 0.3) is 0 Å². The van der Waals surface area contributed by atoms with Gasteiger partial charge in [0, 0.05) is 23.9 Å². The highest BCUT2D eigenvalue weighted by molar-refractivity contribution is 5.29. The Balaban J connectivity index is 1.99. The first-order valence-corrected chi connectivity index (χ1v) is 7.42. The molecule has 0 spiro atoms. The first kappa shape index (κ1) is 14.4. The molecule has 2 atom stereocenters. The van der Waals surface area contributed by atoms with Crippen molar-refractivity contribution in [1.29, 1.82) is 0 Å². The molecule has 0 fully saturated rings. The molecule has 4 heteroatoms. The van der Waals surface area contributed by atoms with Gasteiger partial charge in [-0.1, -0.05) is 19.9 Å². The SMILES string of the molecule is CCN(CC)CCC(NN)C1CCc2cccnc21. The lowest BCUT2D eigenvalue weighted by Crippen LogP contribution is -2.42. The van der Waals surface area contributed by atoms with Crippen LogP contribution in [-0.4, -0.2) is 35.6 Å². The number of pyridine rings is 1. The van der Waals surface area contributed by atoms with E-state index in [1.54, 1.807) is 0 Å². The lowest BCUT2D eigenvalue weighted by molar-refractivity contribution is 0.269. The fourth-order valence-corrected chi connectivity index (χ4v) is 3.10. The van der Waals surface area contributed by atoms with Crippen LogP contribution in [0.15, 0.2) is 18.3 Å². The summed E-state index contributed by atoms with van der Waals surface area (Å²) in [4.78, 5) is 7.01. The average Bonchev–Trinajstić information content (AvgIpc) is 2.88. The second-order valence-electron chi connectivity index (χ2n) is 5.28. The second kappa shape index (κ2) is 6.98. The Morgan fingerprint density at radius 3 is 2.95 bits per heavy atom. The fraction of sp³-hybridized carbons (Fsp3) is 0.667. The van der Waals surface area contributed by atoms with Gasteiger partial charge in [0.15, 0.2) is 0 Å². The summed E-state index contributed by atoms with van der Waals surface area (Å²) >= 11 is 0. The van der Waals surface area contributed by atoms with Crippen molar-refractivity contribution in [1.82, 2.24) is 15.3 Å². The summed E-state index contributed by atoms with van der Waals surface area (Å²) in [5.41, 5.74) is 5.68. The van der Waals surface area contributed by atoms with Crippen molar-refractivity contribution in [2.24, 2.45) is 5.84 Å². The van der Waals surface area contributed by atoms with E-state index in [-0.39, 0.29) is 0 Å². The summed E-state index contributed by atoms with van der Waals surface area (Å²) in [5, 5.41) is 0. The van der Waals surface area contributed by atoms with E-state index in [4.69, 9.17) is 5.84 Å². The number of aryl methyl sites for hydroxylation is 1. The van der Waals surface area contributed by atoms with Crippen LogP contribution in [-0.2, 0) is 6.42 Å². The smallest absolute Gasteiger partial charge is 0.0482 e. The van der Waals surface area contributed by atoms with Gasteiger partial charge < -0.3 is 4.90 Å². The molecule has 4 nitrogen and oxygen atoms in total. The molecule has 0 amide bonds. The highest BCUT2D eigenvalue weighted by Gasteiger charge is 2.30. The van der Waals surface area contributed by atoms with E-state index in [1.807, 2.05) is 12.3 Å². The molecule has 0 bridgehead atoms. The number of rotatable bonds is 7. The monoisotopic (exact) mass is 262 g/mol. The maximum atomic E-state index is 5.78. The van der Waals surface area contributed by atoms with Gasteiger partial charge in [0.05, 0.1) is 0 Å². The number of hydrazine groups is 1. The van der Waals surface area contributed by atoms with Gasteiger partial charge in [0.2, 0.25) is 0 Å². The summed E-state index contributed by atoms with van der Waals surface area (Å²) in [6, 6.07) is 4.55. The predicted octanol–water partition coefficient (Wildman–Crippen LogP) is 1.68. The summed E-state index contributed by atoms with van der Waals surface area (Å²) in [5.74, 6) is 6.25. The molecule has 1 aliphatic carbocycles. The van der Waals surface area contributed by atoms with Crippen molar-refractivity contribution >= 4 is 0 Å². The number of nitrogens with two attached hydrogens (primary N) is 1. The lowest BCUT2D eigenvalue weighted by atomic mass is 9.94. The van der Waals surface area contributed by atoms with E-state index in [0.717, 1.165) is 32.5 Å². The zero-order chi connectivity index (χ0) is 13.7. The molecular formula is C15H26N4. The molecule has 0 aromatic carbocycles. The molecule has 1 aromatic rings. The largest absolute Gasteiger partial charge is 0.304 e. The Hall–Kier alpha value is -0.970. The minimum absolute atomic E-state index is 0.330. The molecule has 0 radical (unpaired) electrons. The lowest BCUT2D eigenvalue weighted by Gasteiger charge is -2.26. The van der Waals surface area contributed by atoms with Crippen molar-refractivity contribution in [3.8, 4) is 0 Å². The minimum Gasteiger partial charge on any atom is -0.304 e. The molecule has 0 saturated heterocycles. The van der Waals surface area contributed by atoms with E-state index in [0.29, 0.717) is 12.0 Å². The van der Waals surface area contributed by atoms with Gasteiger partial charge in [-0.05, 0) is 50.5 Å². The molecule has 3 N–H and O–H groups in total. The number of nitrogens with one attached hydrogen (secondary N) is 1. The van der Waals surface area contributed by atoms with Gasteiger partial charge in [-0.2, -0.15) is 0 Å². The molecular weight excluding hydrogens is 236 g/mol. The predicted molar refractivity (Wildman–Crippen MR) is 78.8 cm³/mol. The minimum atomic E-state index is 0.330. The highest BCUT2D eigenvalue weighted by Crippen LogP contribution is 2.34. The van der Waals surface area contributed by atoms with Crippen LogP contribution in [0, 0.1) is 0 Å². The van der Waals surface area contributed by atoms with Crippen molar-refractivity contribution in [3.63, 3.8) is 0 Å². The molecule has 1 aliphatic rings. The van der Waals surface area contributed by atoms with Gasteiger partial charge in [-0.15, -0.1) is 0 Å². The van der Waals surface area contributed by atoms with E-state index in [9.17, 15) is 0 Å². The van der Waals surface area contributed by atoms with Gasteiger partial charge in [0.1, 0.15) is 0 Å². The van der Waals surface area contributed by atoms with E-state index < -0.39 is 0 Å². The molecule has 106 valence electrons. The third kappa shape index (κ3) is 3.32. The maximum Gasteiger partial charge on any atom is 0.0482 e. The zero-order valence-corrected chi connectivity index (χ0v) is 12.1. The Labute approximate surface area is 116 Å². The summed E-state index contributed by atoms with van der Waals surface area (Å²) < 4.78 is 0. The van der Waals surface area contributed by atoms with Crippen LogP contribution in [0.5, 0.6) is 0 Å². The highest BCUT2D eigenvalue weighted by atomic mass is 15.2. The Bertz CT molecular complexity index is 389. The van der Waals surface area contributed by atoms with Crippen LogP contribution in [0.1, 0.15) is 43.9 Å². The summed E-state index contributed by atoms with van der Waals surface area (Å²) in [6.45, 7) is 7.72. The van der Waals surface area contributed by atoms with Gasteiger partial charge in [-0.3, -0.25) is 16.3 Å². The Morgan fingerprint density at radius 1 is 1.47 bits per heavy atom. The third-order valence-electron chi connectivity index (χ3n) is 4.35. The number of hydrogen-bond acceptors (Lipinski definition) is 4. The quantitative estimate of drug-likeness (QED) is 0.580. The van der Waals surface area contributed by atoms with E-state index in [2.05, 4.69) is 35.2 Å².